The number of aryl methyl sites for hydroxylation is 1. The molecule has 0 aliphatic rings. The molecule has 0 aliphatic carbocycles. The molecule has 0 amide bonds. The first-order valence-electron chi connectivity index (χ1n) is 7.63. The number of carbonyl (C=O) groups is 1. The van der Waals surface area contributed by atoms with Gasteiger partial charge in [-0.1, -0.05) is 12.1 Å². The number of fused-ring (bicyclic) bond motifs is 1. The molecule has 6 heteroatoms. The third-order valence-electron chi connectivity index (χ3n) is 3.73. The third kappa shape index (κ3) is 3.03. The van der Waals surface area contributed by atoms with Crippen LogP contribution in [0.3, 0.4) is 0 Å². The number of nitrogens with zero attached hydrogens (tertiary/aromatic N) is 2. The van der Waals surface area contributed by atoms with Gasteiger partial charge >= 0.3 is 5.97 Å². The number of ether oxygens (including phenoxy) is 2. The van der Waals surface area contributed by atoms with Gasteiger partial charge in [0.25, 0.3) is 0 Å². The SMILES string of the molecule is CCOc1cc(OCc2nc3ccccc3n2C)ccc1C(=O)O. The second-order valence-corrected chi connectivity index (χ2v) is 5.26. The molecule has 6 nitrogen and oxygen atoms in total. The number of rotatable bonds is 6. The van der Waals surface area contributed by atoms with E-state index >= 15 is 0 Å². The molecule has 1 heterocycles. The standard InChI is InChI=1S/C18H18N2O4/c1-3-23-16-10-12(8-9-13(16)18(21)22)24-11-17-19-14-6-4-5-7-15(14)20(17)2/h4-10H,3,11H2,1-2H3,(H,21,22). The van der Waals surface area contributed by atoms with Gasteiger partial charge in [0.1, 0.15) is 29.5 Å². The van der Waals surface area contributed by atoms with Gasteiger partial charge in [-0.25, -0.2) is 9.78 Å². The van der Waals surface area contributed by atoms with Crippen LogP contribution in [0.4, 0.5) is 0 Å². The molecule has 2 aromatic carbocycles. The lowest BCUT2D eigenvalue weighted by atomic mass is 10.2. The number of aromatic nitrogens is 2. The summed E-state index contributed by atoms with van der Waals surface area (Å²) < 4.78 is 13.1. The van der Waals surface area contributed by atoms with Crippen LogP contribution in [0.5, 0.6) is 11.5 Å². The van der Waals surface area contributed by atoms with Crippen LogP contribution in [0.2, 0.25) is 0 Å². The second-order valence-electron chi connectivity index (χ2n) is 5.26. The summed E-state index contributed by atoms with van der Waals surface area (Å²) in [5.74, 6) is 0.597. The smallest absolute Gasteiger partial charge is 0.339 e. The Balaban J connectivity index is 1.81. The Morgan fingerprint density at radius 3 is 2.71 bits per heavy atom. The van der Waals surface area contributed by atoms with Gasteiger partial charge in [-0.05, 0) is 31.2 Å². The van der Waals surface area contributed by atoms with Crippen molar-refractivity contribution in [2.75, 3.05) is 6.61 Å². The van der Waals surface area contributed by atoms with Gasteiger partial charge in [-0.3, -0.25) is 0 Å². The van der Waals surface area contributed by atoms with Crippen molar-refractivity contribution in [2.24, 2.45) is 7.05 Å². The van der Waals surface area contributed by atoms with Crippen molar-refractivity contribution < 1.29 is 19.4 Å². The van der Waals surface area contributed by atoms with E-state index in [0.717, 1.165) is 16.9 Å². The van der Waals surface area contributed by atoms with Crippen molar-refractivity contribution in [3.05, 3.63) is 53.9 Å². The predicted molar refractivity (Wildman–Crippen MR) is 89.6 cm³/mol. The molecule has 3 rings (SSSR count). The maximum atomic E-state index is 11.2. The first-order valence-corrected chi connectivity index (χ1v) is 7.63. The first-order chi connectivity index (χ1) is 11.6. The maximum absolute atomic E-state index is 11.2. The zero-order valence-corrected chi connectivity index (χ0v) is 13.5. The molecule has 0 saturated carbocycles. The summed E-state index contributed by atoms with van der Waals surface area (Å²) in [6.07, 6.45) is 0. The topological polar surface area (TPSA) is 73.6 Å². The molecular formula is C18H18N2O4. The molecule has 24 heavy (non-hydrogen) atoms. The molecule has 0 fully saturated rings. The number of carboxylic acids is 1. The molecule has 0 bridgehead atoms. The van der Waals surface area contributed by atoms with Crippen LogP contribution in [0.15, 0.2) is 42.5 Å². The highest BCUT2D eigenvalue weighted by Gasteiger charge is 2.13. The van der Waals surface area contributed by atoms with Crippen molar-refractivity contribution in [3.63, 3.8) is 0 Å². The second kappa shape index (κ2) is 6.62. The van der Waals surface area contributed by atoms with Crippen LogP contribution < -0.4 is 9.47 Å². The number of benzene rings is 2. The minimum atomic E-state index is -1.03. The van der Waals surface area contributed by atoms with Gasteiger partial charge < -0.3 is 19.1 Å². The average Bonchev–Trinajstić information content (AvgIpc) is 2.90. The number of para-hydroxylation sites is 2. The Labute approximate surface area is 139 Å². The lowest BCUT2D eigenvalue weighted by molar-refractivity contribution is 0.0692. The summed E-state index contributed by atoms with van der Waals surface area (Å²) in [7, 11) is 1.94. The molecule has 0 aliphatic heterocycles. The van der Waals surface area contributed by atoms with Gasteiger partial charge in [0.2, 0.25) is 0 Å². The Morgan fingerprint density at radius 1 is 1.21 bits per heavy atom. The molecule has 1 N–H and O–H groups in total. The zero-order valence-electron chi connectivity index (χ0n) is 13.5. The molecule has 0 saturated heterocycles. The van der Waals surface area contributed by atoms with E-state index in [-0.39, 0.29) is 12.2 Å². The van der Waals surface area contributed by atoms with E-state index in [0.29, 0.717) is 18.1 Å². The number of carboxylic acid groups (broad SMARTS) is 1. The van der Waals surface area contributed by atoms with Crippen LogP contribution in [0.25, 0.3) is 11.0 Å². The van der Waals surface area contributed by atoms with E-state index in [1.165, 1.54) is 6.07 Å². The Bertz CT molecular complexity index is 886. The van der Waals surface area contributed by atoms with Crippen LogP contribution >= 0.6 is 0 Å². The van der Waals surface area contributed by atoms with Crippen LogP contribution in [0, 0.1) is 0 Å². The molecule has 1 aromatic heterocycles. The van der Waals surface area contributed by atoms with Crippen molar-refractivity contribution in [3.8, 4) is 11.5 Å². The summed E-state index contributed by atoms with van der Waals surface area (Å²) >= 11 is 0. The van der Waals surface area contributed by atoms with Crippen molar-refractivity contribution >= 4 is 17.0 Å². The average molecular weight is 326 g/mol. The molecule has 0 spiro atoms. The van der Waals surface area contributed by atoms with Gasteiger partial charge in [0.15, 0.2) is 0 Å². The van der Waals surface area contributed by atoms with Gasteiger partial charge in [-0.15, -0.1) is 0 Å². The Hall–Kier alpha value is -3.02. The normalized spacial score (nSPS) is 10.8. The van der Waals surface area contributed by atoms with Gasteiger partial charge in [0, 0.05) is 13.1 Å². The largest absolute Gasteiger partial charge is 0.493 e. The molecular weight excluding hydrogens is 308 g/mol. The van der Waals surface area contributed by atoms with E-state index in [2.05, 4.69) is 4.98 Å². The monoisotopic (exact) mass is 326 g/mol. The Kier molecular flexibility index (Phi) is 4.37. The van der Waals surface area contributed by atoms with E-state index in [9.17, 15) is 9.90 Å². The van der Waals surface area contributed by atoms with Gasteiger partial charge in [0.05, 0.1) is 17.6 Å². The number of hydrogen-bond donors (Lipinski definition) is 1. The summed E-state index contributed by atoms with van der Waals surface area (Å²) in [5, 5.41) is 9.17. The third-order valence-corrected chi connectivity index (χ3v) is 3.73. The Morgan fingerprint density at radius 2 is 2.00 bits per heavy atom. The highest BCUT2D eigenvalue weighted by Crippen LogP contribution is 2.26. The van der Waals surface area contributed by atoms with Gasteiger partial charge in [-0.2, -0.15) is 0 Å². The quantitative estimate of drug-likeness (QED) is 0.753. The summed E-state index contributed by atoms with van der Waals surface area (Å²) in [5.41, 5.74) is 2.06. The number of imidazole rings is 1. The highest BCUT2D eigenvalue weighted by atomic mass is 16.5. The molecule has 0 atom stereocenters. The lowest BCUT2D eigenvalue weighted by Crippen LogP contribution is -2.05. The fourth-order valence-electron chi connectivity index (χ4n) is 2.52. The van der Waals surface area contributed by atoms with E-state index in [1.807, 2.05) is 35.9 Å². The minimum Gasteiger partial charge on any atom is -0.493 e. The maximum Gasteiger partial charge on any atom is 0.339 e. The van der Waals surface area contributed by atoms with Crippen LogP contribution in [-0.2, 0) is 13.7 Å². The minimum absolute atomic E-state index is 0.118. The molecule has 3 aromatic rings. The first kappa shape index (κ1) is 15.9. The van der Waals surface area contributed by atoms with Crippen molar-refractivity contribution in [1.82, 2.24) is 9.55 Å². The van der Waals surface area contributed by atoms with Crippen LogP contribution in [-0.4, -0.2) is 27.2 Å². The zero-order chi connectivity index (χ0) is 17.1. The fraction of sp³-hybridized carbons (Fsp3) is 0.222. The summed E-state index contributed by atoms with van der Waals surface area (Å²) in [6.45, 7) is 2.47. The molecule has 0 unspecified atom stereocenters. The molecule has 0 radical (unpaired) electrons. The van der Waals surface area contributed by atoms with Crippen LogP contribution in [0.1, 0.15) is 23.1 Å². The van der Waals surface area contributed by atoms with E-state index in [4.69, 9.17) is 9.47 Å². The van der Waals surface area contributed by atoms with Crippen molar-refractivity contribution in [1.29, 1.82) is 0 Å². The number of aromatic carboxylic acids is 1. The lowest BCUT2D eigenvalue weighted by Gasteiger charge is -2.11. The molecule has 124 valence electrons. The van der Waals surface area contributed by atoms with E-state index < -0.39 is 5.97 Å². The van der Waals surface area contributed by atoms with Crippen molar-refractivity contribution in [2.45, 2.75) is 13.5 Å². The fourth-order valence-corrected chi connectivity index (χ4v) is 2.52. The predicted octanol–water partition coefficient (Wildman–Crippen LogP) is 3.25. The summed E-state index contributed by atoms with van der Waals surface area (Å²) in [6, 6.07) is 12.6. The summed E-state index contributed by atoms with van der Waals surface area (Å²) in [4.78, 5) is 15.7. The number of hydrogen-bond acceptors (Lipinski definition) is 4. The van der Waals surface area contributed by atoms with E-state index in [1.54, 1.807) is 19.1 Å². The highest BCUT2D eigenvalue weighted by molar-refractivity contribution is 5.91.